The van der Waals surface area contributed by atoms with Crippen molar-refractivity contribution in [2.75, 3.05) is 19.6 Å². The fraction of sp³-hybridized carbons (Fsp3) is 0.182. The molecule has 0 bridgehead atoms. The van der Waals surface area contributed by atoms with Crippen LogP contribution in [0.2, 0.25) is 0 Å². The lowest BCUT2D eigenvalue weighted by Gasteiger charge is -2.10. The number of hydrogen-bond donors (Lipinski definition) is 2. The van der Waals surface area contributed by atoms with E-state index in [1.807, 2.05) is 18.2 Å². The van der Waals surface area contributed by atoms with Gasteiger partial charge in [-0.25, -0.2) is 10.8 Å². The molecule has 2 rings (SSSR count). The maximum absolute atomic E-state index is 5.40. The molecule has 84 valence electrons. The summed E-state index contributed by atoms with van der Waals surface area (Å²) >= 11 is 0. The Balaban J connectivity index is 2.78. The Labute approximate surface area is 93.1 Å². The zero-order valence-corrected chi connectivity index (χ0v) is 9.15. The van der Waals surface area contributed by atoms with Gasteiger partial charge in [0.25, 0.3) is 0 Å². The average molecular weight is 219 g/mol. The summed E-state index contributed by atoms with van der Waals surface area (Å²) in [5, 5.41) is 1.80. The quantitative estimate of drug-likeness (QED) is 0.605. The number of hydrazine groups is 1. The Morgan fingerprint density at radius 1 is 1.19 bits per heavy atom. The third-order valence-electron chi connectivity index (χ3n) is 2.41. The van der Waals surface area contributed by atoms with Gasteiger partial charge in [0.1, 0.15) is 17.3 Å². The highest BCUT2D eigenvalue weighted by Gasteiger charge is 2.08. The monoisotopic (exact) mass is 219 g/mol. The number of rotatable bonds is 3. The third kappa shape index (κ3) is 1.61. The van der Waals surface area contributed by atoms with Crippen LogP contribution in [0.15, 0.2) is 24.4 Å². The SMILES string of the molecule is COc1cc(OC)c2ccnc(NN)c2c1. The van der Waals surface area contributed by atoms with Crippen molar-refractivity contribution in [2.24, 2.45) is 5.84 Å². The predicted molar refractivity (Wildman–Crippen MR) is 62.7 cm³/mol. The van der Waals surface area contributed by atoms with Crippen LogP contribution in [-0.2, 0) is 0 Å². The average Bonchev–Trinajstić information content (AvgIpc) is 2.36. The van der Waals surface area contributed by atoms with E-state index in [0.29, 0.717) is 11.6 Å². The summed E-state index contributed by atoms with van der Waals surface area (Å²) < 4.78 is 10.5. The van der Waals surface area contributed by atoms with E-state index in [-0.39, 0.29) is 0 Å². The van der Waals surface area contributed by atoms with Crippen molar-refractivity contribution in [2.45, 2.75) is 0 Å². The maximum atomic E-state index is 5.40. The summed E-state index contributed by atoms with van der Waals surface area (Å²) in [5.74, 6) is 7.43. The van der Waals surface area contributed by atoms with Crippen molar-refractivity contribution in [1.82, 2.24) is 4.98 Å². The number of nitrogen functional groups attached to an aromatic ring is 1. The van der Waals surface area contributed by atoms with Crippen LogP contribution in [0.4, 0.5) is 5.82 Å². The molecule has 0 radical (unpaired) electrons. The molecule has 2 aromatic rings. The number of anilines is 1. The van der Waals surface area contributed by atoms with E-state index in [9.17, 15) is 0 Å². The molecule has 16 heavy (non-hydrogen) atoms. The van der Waals surface area contributed by atoms with E-state index >= 15 is 0 Å². The molecule has 1 aromatic carbocycles. The molecule has 5 heteroatoms. The van der Waals surface area contributed by atoms with Crippen molar-refractivity contribution in [3.05, 3.63) is 24.4 Å². The van der Waals surface area contributed by atoms with Gasteiger partial charge < -0.3 is 14.9 Å². The molecule has 1 aromatic heterocycles. The van der Waals surface area contributed by atoms with E-state index in [4.69, 9.17) is 15.3 Å². The molecule has 1 heterocycles. The Kier molecular flexibility index (Phi) is 2.78. The predicted octanol–water partition coefficient (Wildman–Crippen LogP) is 1.54. The summed E-state index contributed by atoms with van der Waals surface area (Å²) in [5.41, 5.74) is 2.55. The van der Waals surface area contributed by atoms with Gasteiger partial charge in [-0.2, -0.15) is 0 Å². The number of hydrogen-bond acceptors (Lipinski definition) is 5. The number of fused-ring (bicyclic) bond motifs is 1. The zero-order valence-electron chi connectivity index (χ0n) is 9.15. The van der Waals surface area contributed by atoms with Crippen molar-refractivity contribution in [3.63, 3.8) is 0 Å². The second-order valence-corrected chi connectivity index (χ2v) is 3.23. The molecule has 0 aliphatic carbocycles. The Hall–Kier alpha value is -2.01. The van der Waals surface area contributed by atoms with Gasteiger partial charge in [0.15, 0.2) is 0 Å². The molecule has 0 atom stereocenters. The number of ether oxygens (including phenoxy) is 2. The second kappa shape index (κ2) is 4.24. The first kappa shape index (κ1) is 10.5. The maximum Gasteiger partial charge on any atom is 0.148 e. The largest absolute Gasteiger partial charge is 0.497 e. The van der Waals surface area contributed by atoms with Gasteiger partial charge in [0.05, 0.1) is 14.2 Å². The van der Waals surface area contributed by atoms with Gasteiger partial charge in [-0.15, -0.1) is 0 Å². The number of aromatic nitrogens is 1. The van der Waals surface area contributed by atoms with Crippen molar-refractivity contribution in [3.8, 4) is 11.5 Å². The summed E-state index contributed by atoms with van der Waals surface area (Å²) in [4.78, 5) is 4.13. The molecule has 0 spiro atoms. The third-order valence-corrected chi connectivity index (χ3v) is 2.41. The van der Waals surface area contributed by atoms with Crippen LogP contribution < -0.4 is 20.7 Å². The van der Waals surface area contributed by atoms with Crippen LogP contribution in [0.25, 0.3) is 10.8 Å². The summed E-state index contributed by atoms with van der Waals surface area (Å²) in [6, 6.07) is 5.55. The summed E-state index contributed by atoms with van der Waals surface area (Å²) in [7, 11) is 3.22. The normalized spacial score (nSPS) is 10.2. The first-order chi connectivity index (χ1) is 7.80. The number of pyridine rings is 1. The summed E-state index contributed by atoms with van der Waals surface area (Å²) in [6.07, 6.45) is 1.67. The van der Waals surface area contributed by atoms with Crippen LogP contribution >= 0.6 is 0 Å². The lowest BCUT2D eigenvalue weighted by molar-refractivity contribution is 0.398. The molecule has 0 aliphatic heterocycles. The first-order valence-electron chi connectivity index (χ1n) is 4.77. The van der Waals surface area contributed by atoms with Crippen molar-refractivity contribution in [1.29, 1.82) is 0 Å². The Morgan fingerprint density at radius 3 is 2.62 bits per heavy atom. The van der Waals surface area contributed by atoms with Gasteiger partial charge in [-0.3, -0.25) is 0 Å². The fourth-order valence-corrected chi connectivity index (χ4v) is 1.63. The topological polar surface area (TPSA) is 69.4 Å². The second-order valence-electron chi connectivity index (χ2n) is 3.23. The number of methoxy groups -OCH3 is 2. The molecule has 0 unspecified atom stereocenters. The van der Waals surface area contributed by atoms with Crippen LogP contribution in [0, 0.1) is 0 Å². The van der Waals surface area contributed by atoms with Crippen LogP contribution in [0.3, 0.4) is 0 Å². The molecular weight excluding hydrogens is 206 g/mol. The smallest absolute Gasteiger partial charge is 0.148 e. The Bertz CT molecular complexity index is 514. The lowest BCUT2D eigenvalue weighted by atomic mass is 10.1. The summed E-state index contributed by atoms with van der Waals surface area (Å²) in [6.45, 7) is 0. The zero-order chi connectivity index (χ0) is 11.5. The minimum absolute atomic E-state index is 0.592. The van der Waals surface area contributed by atoms with E-state index in [1.165, 1.54) is 0 Å². The molecule has 0 saturated carbocycles. The van der Waals surface area contributed by atoms with Crippen LogP contribution in [0.1, 0.15) is 0 Å². The Morgan fingerprint density at radius 2 is 2.00 bits per heavy atom. The molecule has 0 aliphatic rings. The molecular formula is C11H13N3O2. The minimum atomic E-state index is 0.592. The highest BCUT2D eigenvalue weighted by Crippen LogP contribution is 2.33. The van der Waals surface area contributed by atoms with Gasteiger partial charge in [0.2, 0.25) is 0 Å². The number of benzene rings is 1. The first-order valence-corrected chi connectivity index (χ1v) is 4.77. The van der Waals surface area contributed by atoms with Gasteiger partial charge >= 0.3 is 0 Å². The molecule has 5 nitrogen and oxygen atoms in total. The number of nitrogens with zero attached hydrogens (tertiary/aromatic N) is 1. The van der Waals surface area contributed by atoms with E-state index < -0.39 is 0 Å². The minimum Gasteiger partial charge on any atom is -0.497 e. The van der Waals surface area contributed by atoms with Gasteiger partial charge in [0, 0.05) is 23.0 Å². The van der Waals surface area contributed by atoms with E-state index in [1.54, 1.807) is 20.4 Å². The number of nitrogens with two attached hydrogens (primary N) is 1. The van der Waals surface area contributed by atoms with Gasteiger partial charge in [-0.05, 0) is 12.1 Å². The molecule has 0 amide bonds. The highest BCUT2D eigenvalue weighted by molar-refractivity contribution is 5.96. The lowest BCUT2D eigenvalue weighted by Crippen LogP contribution is -2.08. The fourth-order valence-electron chi connectivity index (χ4n) is 1.63. The van der Waals surface area contributed by atoms with Crippen molar-refractivity contribution < 1.29 is 9.47 Å². The van der Waals surface area contributed by atoms with Crippen LogP contribution in [-0.4, -0.2) is 19.2 Å². The molecule has 3 N–H and O–H groups in total. The van der Waals surface area contributed by atoms with Gasteiger partial charge in [-0.1, -0.05) is 0 Å². The van der Waals surface area contributed by atoms with E-state index in [2.05, 4.69) is 10.4 Å². The van der Waals surface area contributed by atoms with Crippen molar-refractivity contribution >= 4 is 16.6 Å². The molecule has 0 fully saturated rings. The molecule has 0 saturated heterocycles. The highest BCUT2D eigenvalue weighted by atomic mass is 16.5. The standard InChI is InChI=1S/C11H13N3O2/c1-15-7-5-9-8(10(6-7)16-2)3-4-13-11(9)14-12/h3-6H,12H2,1-2H3,(H,13,14). The van der Waals surface area contributed by atoms with Crippen LogP contribution in [0.5, 0.6) is 11.5 Å². The van der Waals surface area contributed by atoms with E-state index in [0.717, 1.165) is 16.5 Å². The number of nitrogens with one attached hydrogen (secondary N) is 1.